The minimum Gasteiger partial charge on any atom is -0.761 e. The summed E-state index contributed by atoms with van der Waals surface area (Å²) in [4.78, 5) is 4.47. The van der Waals surface area contributed by atoms with Gasteiger partial charge in [0.1, 0.15) is 5.52 Å². The number of hydrogen-bond acceptors (Lipinski definition) is 6. The molecule has 0 aliphatic heterocycles. The van der Waals surface area contributed by atoms with Crippen LogP contribution in [0.25, 0.3) is 11.1 Å². The first kappa shape index (κ1) is 16.7. The second kappa shape index (κ2) is 7.25. The Bertz CT molecular complexity index is 900. The Balaban J connectivity index is 1.59. The molecule has 0 saturated heterocycles. The number of aromatic nitrogens is 1. The number of methoxy groups -OCH3 is 1. The maximum atomic E-state index is 11.0. The van der Waals surface area contributed by atoms with E-state index in [0.29, 0.717) is 29.1 Å². The zero-order valence-corrected chi connectivity index (χ0v) is 14.7. The third-order valence-electron chi connectivity index (χ3n) is 4.75. The molecule has 0 bridgehead atoms. The predicted molar refractivity (Wildman–Crippen MR) is 99.7 cm³/mol. The normalized spacial score (nSPS) is 14.7. The number of ether oxygens (including phenoxy) is 2. The third-order valence-corrected chi connectivity index (χ3v) is 4.75. The van der Waals surface area contributed by atoms with E-state index in [1.165, 1.54) is 12.8 Å². The SMILES string of the molecule is COc1ccc(Cc2nc3cccc(N[O-])c3o2)cc1OC1CCCC1. The molecule has 1 aliphatic rings. The van der Waals surface area contributed by atoms with Crippen LogP contribution >= 0.6 is 0 Å². The average Bonchev–Trinajstić information content (AvgIpc) is 3.30. The van der Waals surface area contributed by atoms with Gasteiger partial charge in [0.25, 0.3) is 0 Å². The number of rotatable bonds is 6. The van der Waals surface area contributed by atoms with Crippen molar-refractivity contribution in [2.45, 2.75) is 38.2 Å². The lowest BCUT2D eigenvalue weighted by atomic mass is 10.1. The van der Waals surface area contributed by atoms with Gasteiger partial charge >= 0.3 is 0 Å². The Morgan fingerprint density at radius 2 is 2.04 bits per heavy atom. The van der Waals surface area contributed by atoms with Crippen LogP contribution in [-0.4, -0.2) is 18.2 Å². The second-order valence-electron chi connectivity index (χ2n) is 6.55. The van der Waals surface area contributed by atoms with Crippen LogP contribution < -0.4 is 15.0 Å². The van der Waals surface area contributed by atoms with E-state index in [-0.39, 0.29) is 6.10 Å². The lowest BCUT2D eigenvalue weighted by molar-refractivity contribution is 0.200. The molecule has 136 valence electrons. The summed E-state index contributed by atoms with van der Waals surface area (Å²) in [6, 6.07) is 11.1. The first-order valence-corrected chi connectivity index (χ1v) is 8.87. The van der Waals surface area contributed by atoms with E-state index in [1.807, 2.05) is 29.7 Å². The fourth-order valence-electron chi connectivity index (χ4n) is 3.43. The zero-order valence-electron chi connectivity index (χ0n) is 14.7. The van der Waals surface area contributed by atoms with Gasteiger partial charge in [-0.2, -0.15) is 0 Å². The summed E-state index contributed by atoms with van der Waals surface area (Å²) in [5.41, 5.74) is 4.44. The summed E-state index contributed by atoms with van der Waals surface area (Å²) in [5, 5.41) is 11.0. The molecule has 0 amide bonds. The van der Waals surface area contributed by atoms with Gasteiger partial charge in [-0.1, -0.05) is 12.1 Å². The number of fused-ring (bicyclic) bond motifs is 1. The van der Waals surface area contributed by atoms with Gasteiger partial charge in [-0.05, 0) is 55.5 Å². The van der Waals surface area contributed by atoms with Gasteiger partial charge in [0.2, 0.25) is 0 Å². The predicted octanol–water partition coefficient (Wildman–Crippen LogP) is 4.66. The molecule has 6 nitrogen and oxygen atoms in total. The molecule has 0 spiro atoms. The summed E-state index contributed by atoms with van der Waals surface area (Å²) >= 11 is 0. The third kappa shape index (κ3) is 3.32. The molecule has 3 aromatic rings. The molecule has 0 unspecified atom stereocenters. The summed E-state index contributed by atoms with van der Waals surface area (Å²) in [7, 11) is 1.65. The van der Waals surface area contributed by atoms with Gasteiger partial charge in [0.15, 0.2) is 23.0 Å². The van der Waals surface area contributed by atoms with Gasteiger partial charge in [-0.3, -0.25) is 0 Å². The molecule has 1 aliphatic carbocycles. The number of hydrogen-bond donors (Lipinski definition) is 1. The molecule has 0 radical (unpaired) electrons. The van der Waals surface area contributed by atoms with Crippen molar-refractivity contribution in [3.63, 3.8) is 0 Å². The minimum atomic E-state index is 0.258. The molecule has 1 aromatic heterocycles. The first-order chi connectivity index (χ1) is 12.8. The molecule has 1 fully saturated rings. The highest BCUT2D eigenvalue weighted by molar-refractivity contribution is 5.86. The summed E-state index contributed by atoms with van der Waals surface area (Å²) in [6.07, 6.45) is 5.37. The van der Waals surface area contributed by atoms with Crippen LogP contribution in [0.2, 0.25) is 0 Å². The van der Waals surface area contributed by atoms with Crippen molar-refractivity contribution in [1.82, 2.24) is 4.98 Å². The largest absolute Gasteiger partial charge is 0.761 e. The highest BCUT2D eigenvalue weighted by Gasteiger charge is 2.19. The number of benzene rings is 2. The number of oxazole rings is 1. The molecule has 1 heterocycles. The Morgan fingerprint density at radius 1 is 1.19 bits per heavy atom. The fraction of sp³-hybridized carbons (Fsp3) is 0.350. The fourth-order valence-corrected chi connectivity index (χ4v) is 3.43. The standard InChI is InChI=1S/C20H21N2O4/c1-24-17-10-9-13(11-18(17)25-14-5-2-3-6-14)12-19-21-15-7-4-8-16(22-23)20(15)26-19/h4,7-11,14,22H,2-3,5-6,12H2,1H3/q-1. The van der Waals surface area contributed by atoms with Crippen molar-refractivity contribution < 1.29 is 13.9 Å². The van der Waals surface area contributed by atoms with Gasteiger partial charge in [-0.25, -0.2) is 4.98 Å². The van der Waals surface area contributed by atoms with Crippen molar-refractivity contribution in [2.75, 3.05) is 12.6 Å². The molecule has 6 heteroatoms. The molecule has 1 N–H and O–H groups in total. The summed E-state index contributed by atoms with van der Waals surface area (Å²) < 4.78 is 17.4. The van der Waals surface area contributed by atoms with E-state index in [9.17, 15) is 5.21 Å². The van der Waals surface area contributed by atoms with Crippen LogP contribution in [0.15, 0.2) is 40.8 Å². The van der Waals surface area contributed by atoms with E-state index in [0.717, 1.165) is 29.9 Å². The topological polar surface area (TPSA) is 79.6 Å². The molecule has 26 heavy (non-hydrogen) atoms. The van der Waals surface area contributed by atoms with Crippen LogP contribution in [-0.2, 0) is 6.42 Å². The van der Waals surface area contributed by atoms with E-state index in [2.05, 4.69) is 4.98 Å². The quantitative estimate of drug-likeness (QED) is 0.649. The van der Waals surface area contributed by atoms with E-state index in [1.54, 1.807) is 19.2 Å². The zero-order chi connectivity index (χ0) is 17.9. The van der Waals surface area contributed by atoms with Crippen LogP contribution in [0.1, 0.15) is 37.1 Å². The Kier molecular flexibility index (Phi) is 4.67. The lowest BCUT2D eigenvalue weighted by Crippen LogP contribution is -2.11. The number of anilines is 1. The van der Waals surface area contributed by atoms with Crippen molar-refractivity contribution >= 4 is 16.8 Å². The van der Waals surface area contributed by atoms with Crippen LogP contribution in [0.4, 0.5) is 5.69 Å². The van der Waals surface area contributed by atoms with Crippen molar-refractivity contribution in [3.05, 3.63) is 53.1 Å². The number of nitrogens with zero attached hydrogens (tertiary/aromatic N) is 1. The molecular formula is C20H21N2O4-. The molecule has 1 saturated carbocycles. The Labute approximate surface area is 151 Å². The summed E-state index contributed by atoms with van der Waals surface area (Å²) in [5.74, 6) is 2.05. The summed E-state index contributed by atoms with van der Waals surface area (Å²) in [6.45, 7) is 0. The van der Waals surface area contributed by atoms with E-state index in [4.69, 9.17) is 13.9 Å². The van der Waals surface area contributed by atoms with Gasteiger partial charge in [0, 0.05) is 6.42 Å². The van der Waals surface area contributed by atoms with Crippen LogP contribution in [0.5, 0.6) is 11.5 Å². The lowest BCUT2D eigenvalue weighted by Gasteiger charge is -2.16. The van der Waals surface area contributed by atoms with Crippen molar-refractivity contribution in [1.29, 1.82) is 0 Å². The Morgan fingerprint density at radius 3 is 2.81 bits per heavy atom. The van der Waals surface area contributed by atoms with Crippen molar-refractivity contribution in [2.24, 2.45) is 0 Å². The van der Waals surface area contributed by atoms with Gasteiger partial charge in [0.05, 0.1) is 18.9 Å². The molecule has 2 aromatic carbocycles. The Hall–Kier alpha value is -2.73. The maximum Gasteiger partial charge on any atom is 0.200 e. The van der Waals surface area contributed by atoms with E-state index >= 15 is 0 Å². The number of para-hydroxylation sites is 1. The second-order valence-corrected chi connectivity index (χ2v) is 6.55. The number of nitrogens with one attached hydrogen (secondary N) is 1. The smallest absolute Gasteiger partial charge is 0.200 e. The molecule has 0 atom stereocenters. The monoisotopic (exact) mass is 353 g/mol. The van der Waals surface area contributed by atoms with E-state index < -0.39 is 0 Å². The van der Waals surface area contributed by atoms with Gasteiger partial charge in [-0.15, -0.1) is 0 Å². The average molecular weight is 353 g/mol. The van der Waals surface area contributed by atoms with Crippen LogP contribution in [0, 0.1) is 5.21 Å². The molecular weight excluding hydrogens is 332 g/mol. The van der Waals surface area contributed by atoms with Crippen LogP contribution in [0.3, 0.4) is 0 Å². The van der Waals surface area contributed by atoms with Gasteiger partial charge < -0.3 is 24.6 Å². The minimum absolute atomic E-state index is 0.258. The van der Waals surface area contributed by atoms with Crippen molar-refractivity contribution in [3.8, 4) is 11.5 Å². The maximum absolute atomic E-state index is 11.0. The highest BCUT2D eigenvalue weighted by atomic mass is 16.5. The first-order valence-electron chi connectivity index (χ1n) is 8.87. The molecule has 4 rings (SSSR count). The highest BCUT2D eigenvalue weighted by Crippen LogP contribution is 2.33.